The molecule has 0 aliphatic heterocycles. The van der Waals surface area contributed by atoms with Crippen molar-refractivity contribution in [2.75, 3.05) is 5.32 Å². The van der Waals surface area contributed by atoms with Crippen LogP contribution in [-0.4, -0.2) is 21.1 Å². The van der Waals surface area contributed by atoms with Crippen LogP contribution in [0.4, 0.5) is 5.13 Å². The number of anilines is 1. The summed E-state index contributed by atoms with van der Waals surface area (Å²) in [6, 6.07) is 9.54. The van der Waals surface area contributed by atoms with E-state index in [0.29, 0.717) is 15.6 Å². The van der Waals surface area contributed by atoms with Crippen LogP contribution in [0.25, 0.3) is 0 Å². The van der Waals surface area contributed by atoms with Crippen LogP contribution in [0.3, 0.4) is 0 Å². The second kappa shape index (κ2) is 8.40. The summed E-state index contributed by atoms with van der Waals surface area (Å²) in [4.78, 5) is 17.4. The summed E-state index contributed by atoms with van der Waals surface area (Å²) in [6.07, 6.45) is 0.813. The highest BCUT2D eigenvalue weighted by molar-refractivity contribution is 8.00. The zero-order chi connectivity index (χ0) is 18.5. The molecule has 0 saturated carbocycles. The zero-order valence-electron chi connectivity index (χ0n) is 14.1. The number of aromatic nitrogens is 3. The average molecular weight is 402 g/mol. The van der Waals surface area contributed by atoms with Crippen molar-refractivity contribution in [3.8, 4) is 6.07 Å². The van der Waals surface area contributed by atoms with E-state index in [9.17, 15) is 4.79 Å². The van der Waals surface area contributed by atoms with Gasteiger partial charge in [-0.3, -0.25) is 10.1 Å². The lowest BCUT2D eigenvalue weighted by Crippen LogP contribution is -2.11. The Morgan fingerprint density at radius 1 is 1.27 bits per heavy atom. The number of rotatable bonds is 6. The van der Waals surface area contributed by atoms with Gasteiger partial charge in [-0.15, -0.1) is 21.5 Å². The number of nitriles is 1. The number of amides is 1. The van der Waals surface area contributed by atoms with Gasteiger partial charge in [-0.2, -0.15) is 5.26 Å². The monoisotopic (exact) mass is 401 g/mol. The van der Waals surface area contributed by atoms with Gasteiger partial charge in [0.1, 0.15) is 4.88 Å². The molecule has 0 fully saturated rings. The molecule has 132 valence electrons. The lowest BCUT2D eigenvalue weighted by atomic mass is 10.2. The summed E-state index contributed by atoms with van der Waals surface area (Å²) in [6.45, 7) is 3.85. The topological polar surface area (TPSA) is 91.6 Å². The third-order valence-electron chi connectivity index (χ3n) is 3.42. The van der Waals surface area contributed by atoms with Crippen molar-refractivity contribution < 1.29 is 4.79 Å². The van der Waals surface area contributed by atoms with E-state index in [4.69, 9.17) is 5.26 Å². The Labute approximate surface area is 163 Å². The minimum absolute atomic E-state index is 0.195. The van der Waals surface area contributed by atoms with Crippen LogP contribution >= 0.6 is 34.4 Å². The third kappa shape index (κ3) is 4.46. The third-order valence-corrected chi connectivity index (χ3v) is 6.77. The Bertz CT molecular complexity index is 956. The Balaban J connectivity index is 1.59. The van der Waals surface area contributed by atoms with Gasteiger partial charge in [-0.1, -0.05) is 42.2 Å². The maximum absolute atomic E-state index is 12.4. The number of carbonyl (C=O) groups is 1. The highest BCUT2D eigenvalue weighted by Gasteiger charge is 2.16. The van der Waals surface area contributed by atoms with E-state index in [2.05, 4.69) is 26.6 Å². The van der Waals surface area contributed by atoms with Gasteiger partial charge in [0, 0.05) is 5.75 Å². The number of carbonyl (C=O) groups excluding carboxylic acids is 1. The van der Waals surface area contributed by atoms with Gasteiger partial charge in [-0.05, 0) is 31.0 Å². The fourth-order valence-electron chi connectivity index (χ4n) is 2.11. The first-order valence-electron chi connectivity index (χ1n) is 7.82. The van der Waals surface area contributed by atoms with Crippen molar-refractivity contribution in [2.45, 2.75) is 30.4 Å². The van der Waals surface area contributed by atoms with E-state index in [1.54, 1.807) is 23.9 Å². The number of nitrogens with one attached hydrogen (secondary N) is 1. The van der Waals surface area contributed by atoms with E-state index < -0.39 is 0 Å². The smallest absolute Gasteiger partial charge is 0.269 e. The Morgan fingerprint density at radius 2 is 2.04 bits per heavy atom. The molecule has 0 saturated heterocycles. The lowest BCUT2D eigenvalue weighted by Gasteiger charge is -1.99. The molecule has 26 heavy (non-hydrogen) atoms. The number of nitrogens with zero attached hydrogens (tertiary/aromatic N) is 4. The number of thioether (sulfide) groups is 1. The van der Waals surface area contributed by atoms with Crippen molar-refractivity contribution >= 4 is 45.5 Å². The molecule has 1 amide bonds. The summed E-state index contributed by atoms with van der Waals surface area (Å²) >= 11 is 4.29. The van der Waals surface area contributed by atoms with E-state index in [-0.39, 0.29) is 5.91 Å². The number of hydrogen-bond acceptors (Lipinski definition) is 8. The number of hydrogen-bond donors (Lipinski definition) is 1. The van der Waals surface area contributed by atoms with Gasteiger partial charge in [0.05, 0.1) is 22.3 Å². The predicted molar refractivity (Wildman–Crippen MR) is 105 cm³/mol. The molecule has 0 aliphatic rings. The lowest BCUT2D eigenvalue weighted by molar-refractivity contribution is 0.102. The molecule has 0 radical (unpaired) electrons. The summed E-state index contributed by atoms with van der Waals surface area (Å²) in [5.41, 5.74) is 2.48. The van der Waals surface area contributed by atoms with Gasteiger partial charge in [0.15, 0.2) is 4.34 Å². The quantitative estimate of drug-likeness (QED) is 0.489. The van der Waals surface area contributed by atoms with E-state index >= 15 is 0 Å². The average Bonchev–Trinajstić information content (AvgIpc) is 3.26. The molecule has 3 rings (SSSR count). The molecule has 0 aliphatic carbocycles. The fraction of sp³-hybridized carbons (Fsp3) is 0.235. The molecular weight excluding hydrogens is 386 g/mol. The Kier molecular flexibility index (Phi) is 5.98. The molecule has 2 heterocycles. The maximum Gasteiger partial charge on any atom is 0.269 e. The fourth-order valence-corrected chi connectivity index (χ4v) is 4.71. The van der Waals surface area contributed by atoms with Crippen molar-refractivity contribution in [1.29, 1.82) is 5.26 Å². The van der Waals surface area contributed by atoms with E-state index in [1.807, 2.05) is 26.0 Å². The summed E-state index contributed by atoms with van der Waals surface area (Å²) in [7, 11) is 0. The number of aryl methyl sites for hydroxylation is 2. The molecule has 1 N–H and O–H groups in total. The molecule has 0 unspecified atom stereocenters. The molecule has 3 aromatic rings. The number of benzene rings is 1. The first kappa shape index (κ1) is 18.5. The summed E-state index contributed by atoms with van der Waals surface area (Å²) in [5, 5.41) is 21.2. The highest BCUT2D eigenvalue weighted by Crippen LogP contribution is 2.29. The van der Waals surface area contributed by atoms with Crippen LogP contribution in [0.5, 0.6) is 0 Å². The summed E-state index contributed by atoms with van der Waals surface area (Å²) in [5.74, 6) is 0.529. The molecule has 0 spiro atoms. The molecule has 6 nitrogen and oxygen atoms in total. The van der Waals surface area contributed by atoms with E-state index in [0.717, 1.165) is 32.8 Å². The van der Waals surface area contributed by atoms with Crippen molar-refractivity contribution in [3.05, 3.63) is 51.0 Å². The van der Waals surface area contributed by atoms with E-state index in [1.165, 1.54) is 22.7 Å². The summed E-state index contributed by atoms with van der Waals surface area (Å²) < 4.78 is 0.778. The second-order valence-corrected chi connectivity index (χ2v) is 8.58. The highest BCUT2D eigenvalue weighted by atomic mass is 32.2. The Morgan fingerprint density at radius 3 is 2.69 bits per heavy atom. The molecule has 0 bridgehead atoms. The second-order valence-electron chi connectivity index (χ2n) is 5.30. The van der Waals surface area contributed by atoms with Crippen molar-refractivity contribution in [1.82, 2.24) is 15.2 Å². The first-order chi connectivity index (χ1) is 12.6. The first-order valence-corrected chi connectivity index (χ1v) is 10.4. The molecule has 1 aromatic carbocycles. The molecule has 2 aromatic heterocycles. The molecule has 9 heteroatoms. The molecular formula is C17H15N5OS3. The predicted octanol–water partition coefficient (Wildman–Crippen LogP) is 4.28. The van der Waals surface area contributed by atoms with Gasteiger partial charge >= 0.3 is 0 Å². The van der Waals surface area contributed by atoms with Crippen LogP contribution in [0.15, 0.2) is 28.6 Å². The van der Waals surface area contributed by atoms with Gasteiger partial charge < -0.3 is 0 Å². The maximum atomic E-state index is 12.4. The van der Waals surface area contributed by atoms with Crippen molar-refractivity contribution in [3.63, 3.8) is 0 Å². The molecule has 0 atom stereocenters. The minimum Gasteiger partial charge on any atom is -0.296 e. The van der Waals surface area contributed by atoms with Gasteiger partial charge in [0.25, 0.3) is 5.91 Å². The van der Waals surface area contributed by atoms with Crippen LogP contribution < -0.4 is 5.32 Å². The largest absolute Gasteiger partial charge is 0.296 e. The zero-order valence-corrected chi connectivity index (χ0v) is 16.6. The van der Waals surface area contributed by atoms with Crippen LogP contribution in [0, 0.1) is 18.3 Å². The minimum atomic E-state index is -0.195. The normalized spacial score (nSPS) is 10.5. The van der Waals surface area contributed by atoms with Crippen LogP contribution in [-0.2, 0) is 12.2 Å². The van der Waals surface area contributed by atoms with Crippen LogP contribution in [0.2, 0.25) is 0 Å². The van der Waals surface area contributed by atoms with Gasteiger partial charge in [0.2, 0.25) is 5.13 Å². The Hall–Kier alpha value is -2.28. The van der Waals surface area contributed by atoms with Gasteiger partial charge in [-0.25, -0.2) is 4.98 Å². The SMILES string of the molecule is CCc1nc(C)c(C(=O)Nc2nnc(SCc3ccc(C#N)cc3)s2)s1. The van der Waals surface area contributed by atoms with Crippen LogP contribution in [0.1, 0.15) is 38.4 Å². The number of thiazole rings is 1. The standard InChI is InChI=1S/C17H15N5OS3/c1-3-13-19-10(2)14(25-13)15(23)20-16-21-22-17(26-16)24-9-12-6-4-11(8-18)5-7-12/h4-7H,3,9H2,1-2H3,(H,20,21,23). The van der Waals surface area contributed by atoms with Crippen molar-refractivity contribution in [2.24, 2.45) is 0 Å².